The zero-order chi connectivity index (χ0) is 8.91. The molecule has 0 rings (SSSR count). The zero-order valence-corrected chi connectivity index (χ0v) is 9.32. The molecule has 0 aromatic rings. The number of hydrogen-bond donors (Lipinski definition) is 1. The number of hydrogen-bond acceptors (Lipinski definition) is 1. The van der Waals surface area contributed by atoms with Gasteiger partial charge in [0.25, 0.3) is 0 Å². The van der Waals surface area contributed by atoms with Crippen molar-refractivity contribution in [2.24, 2.45) is 5.92 Å². The summed E-state index contributed by atoms with van der Waals surface area (Å²) in [7, 11) is 0. The van der Waals surface area contributed by atoms with Crippen LogP contribution in [0, 0.1) is 5.92 Å². The van der Waals surface area contributed by atoms with Crippen molar-refractivity contribution < 1.29 is 5.11 Å². The fourth-order valence-corrected chi connectivity index (χ4v) is 1.24. The first-order chi connectivity index (χ1) is 4.98. The Morgan fingerprint density at radius 1 is 1.45 bits per heavy atom. The maximum absolute atomic E-state index is 9.59. The lowest BCUT2D eigenvalue weighted by Gasteiger charge is -2.20. The molecule has 0 amide bonds. The molecule has 0 aromatic heterocycles. The first-order valence-electron chi connectivity index (χ1n) is 4.26. The molecule has 1 nitrogen and oxygen atoms in total. The summed E-state index contributed by atoms with van der Waals surface area (Å²) in [5, 5.41) is 10.3. The van der Waals surface area contributed by atoms with Crippen molar-refractivity contribution in [3.05, 3.63) is 0 Å². The van der Waals surface area contributed by atoms with E-state index in [1.54, 1.807) is 0 Å². The Kier molecular flexibility index (Phi) is 5.36. The largest absolute Gasteiger partial charge is 0.389 e. The summed E-state index contributed by atoms with van der Waals surface area (Å²) in [5.41, 5.74) is -0.505. The molecule has 1 atom stereocenters. The van der Waals surface area contributed by atoms with E-state index in [1.807, 2.05) is 6.92 Å². The molecule has 0 saturated carbocycles. The SMILES string of the molecule is CC(C)CCCC(C)(O)CBr. The number of rotatable bonds is 5. The second kappa shape index (κ2) is 5.15. The standard InChI is InChI=1S/C9H19BrO/c1-8(2)5-4-6-9(3,11)7-10/h8,11H,4-7H2,1-3H3. The van der Waals surface area contributed by atoms with E-state index in [1.165, 1.54) is 6.42 Å². The molecule has 1 N–H and O–H groups in total. The molecule has 2 heteroatoms. The highest BCUT2D eigenvalue weighted by Gasteiger charge is 2.17. The van der Waals surface area contributed by atoms with Gasteiger partial charge in [0.2, 0.25) is 0 Å². The Labute approximate surface area is 78.3 Å². The first-order valence-corrected chi connectivity index (χ1v) is 5.38. The van der Waals surface area contributed by atoms with Crippen LogP contribution in [-0.2, 0) is 0 Å². The molecule has 0 radical (unpaired) electrons. The van der Waals surface area contributed by atoms with E-state index < -0.39 is 5.60 Å². The molecule has 0 spiro atoms. The van der Waals surface area contributed by atoms with E-state index in [-0.39, 0.29) is 0 Å². The Morgan fingerprint density at radius 3 is 2.36 bits per heavy atom. The van der Waals surface area contributed by atoms with Gasteiger partial charge in [0.1, 0.15) is 0 Å². The molecule has 0 aliphatic carbocycles. The molecule has 0 saturated heterocycles. The summed E-state index contributed by atoms with van der Waals surface area (Å²) in [4.78, 5) is 0. The average molecular weight is 223 g/mol. The summed E-state index contributed by atoms with van der Waals surface area (Å²) in [5.74, 6) is 0.751. The third-order valence-electron chi connectivity index (χ3n) is 1.78. The quantitative estimate of drug-likeness (QED) is 0.710. The lowest BCUT2D eigenvalue weighted by molar-refractivity contribution is 0.0735. The lowest BCUT2D eigenvalue weighted by Crippen LogP contribution is -2.25. The van der Waals surface area contributed by atoms with Crippen LogP contribution in [0.5, 0.6) is 0 Å². The van der Waals surface area contributed by atoms with E-state index in [9.17, 15) is 5.11 Å². The van der Waals surface area contributed by atoms with Crippen molar-refractivity contribution >= 4 is 15.9 Å². The van der Waals surface area contributed by atoms with E-state index in [0.717, 1.165) is 18.8 Å². The van der Waals surface area contributed by atoms with Crippen molar-refractivity contribution in [2.45, 2.75) is 45.6 Å². The predicted octanol–water partition coefficient (Wildman–Crippen LogP) is 2.96. The summed E-state index contributed by atoms with van der Waals surface area (Å²) in [6.45, 7) is 6.30. The van der Waals surface area contributed by atoms with Crippen LogP contribution >= 0.6 is 15.9 Å². The molecule has 1 unspecified atom stereocenters. The lowest BCUT2D eigenvalue weighted by atomic mass is 9.98. The maximum atomic E-state index is 9.59. The summed E-state index contributed by atoms with van der Waals surface area (Å²) in [6.07, 6.45) is 3.23. The van der Waals surface area contributed by atoms with Crippen molar-refractivity contribution in [3.63, 3.8) is 0 Å². The molecule has 0 fully saturated rings. The molecule has 0 heterocycles. The fourth-order valence-electron chi connectivity index (χ4n) is 0.958. The minimum Gasteiger partial charge on any atom is -0.389 e. The Bertz CT molecular complexity index is 99.7. The second-order valence-corrected chi connectivity index (χ2v) is 4.48. The molecule has 68 valence electrons. The molecular formula is C9H19BrO. The van der Waals surface area contributed by atoms with E-state index >= 15 is 0 Å². The average Bonchev–Trinajstić information content (AvgIpc) is 1.87. The van der Waals surface area contributed by atoms with Crippen molar-refractivity contribution in [1.82, 2.24) is 0 Å². The third kappa shape index (κ3) is 6.82. The Hall–Kier alpha value is 0.440. The molecule has 0 aromatic carbocycles. The van der Waals surface area contributed by atoms with Gasteiger partial charge in [-0.25, -0.2) is 0 Å². The van der Waals surface area contributed by atoms with Gasteiger partial charge in [-0.3, -0.25) is 0 Å². The maximum Gasteiger partial charge on any atom is 0.0716 e. The first kappa shape index (κ1) is 11.4. The Balaban J connectivity index is 3.38. The summed E-state index contributed by atoms with van der Waals surface area (Å²) < 4.78 is 0. The number of alkyl halides is 1. The zero-order valence-electron chi connectivity index (χ0n) is 7.73. The van der Waals surface area contributed by atoms with E-state index in [0.29, 0.717) is 5.33 Å². The van der Waals surface area contributed by atoms with Gasteiger partial charge in [-0.2, -0.15) is 0 Å². The number of halogens is 1. The van der Waals surface area contributed by atoms with E-state index in [2.05, 4.69) is 29.8 Å². The van der Waals surface area contributed by atoms with Crippen LogP contribution < -0.4 is 0 Å². The predicted molar refractivity (Wildman–Crippen MR) is 53.1 cm³/mol. The van der Waals surface area contributed by atoms with Gasteiger partial charge in [-0.15, -0.1) is 0 Å². The van der Waals surface area contributed by atoms with Gasteiger partial charge in [0, 0.05) is 5.33 Å². The van der Waals surface area contributed by atoms with Crippen LogP contribution in [0.4, 0.5) is 0 Å². The molecular weight excluding hydrogens is 204 g/mol. The van der Waals surface area contributed by atoms with Gasteiger partial charge in [-0.05, 0) is 19.3 Å². The van der Waals surface area contributed by atoms with Gasteiger partial charge in [-0.1, -0.05) is 42.6 Å². The van der Waals surface area contributed by atoms with Gasteiger partial charge >= 0.3 is 0 Å². The van der Waals surface area contributed by atoms with Crippen LogP contribution in [0.1, 0.15) is 40.0 Å². The van der Waals surface area contributed by atoms with Gasteiger partial charge < -0.3 is 5.11 Å². The highest BCUT2D eigenvalue weighted by molar-refractivity contribution is 9.09. The van der Waals surface area contributed by atoms with Crippen molar-refractivity contribution in [2.75, 3.05) is 5.33 Å². The normalized spacial score (nSPS) is 16.9. The minimum absolute atomic E-state index is 0.505. The number of aliphatic hydroxyl groups is 1. The molecule has 0 aliphatic rings. The van der Waals surface area contributed by atoms with Crippen LogP contribution in [0.2, 0.25) is 0 Å². The van der Waals surface area contributed by atoms with Gasteiger partial charge in [0.15, 0.2) is 0 Å². The van der Waals surface area contributed by atoms with Crippen LogP contribution in [0.15, 0.2) is 0 Å². The topological polar surface area (TPSA) is 20.2 Å². The van der Waals surface area contributed by atoms with Crippen LogP contribution in [-0.4, -0.2) is 16.0 Å². The molecule has 0 aliphatic heterocycles. The van der Waals surface area contributed by atoms with Gasteiger partial charge in [0.05, 0.1) is 5.60 Å². The highest BCUT2D eigenvalue weighted by Crippen LogP contribution is 2.17. The van der Waals surface area contributed by atoms with Crippen molar-refractivity contribution in [3.8, 4) is 0 Å². The summed E-state index contributed by atoms with van der Waals surface area (Å²) in [6, 6.07) is 0. The highest BCUT2D eigenvalue weighted by atomic mass is 79.9. The van der Waals surface area contributed by atoms with Crippen LogP contribution in [0.25, 0.3) is 0 Å². The van der Waals surface area contributed by atoms with Crippen LogP contribution in [0.3, 0.4) is 0 Å². The fraction of sp³-hybridized carbons (Fsp3) is 1.00. The summed E-state index contributed by atoms with van der Waals surface area (Å²) >= 11 is 3.29. The monoisotopic (exact) mass is 222 g/mol. The third-order valence-corrected chi connectivity index (χ3v) is 2.99. The van der Waals surface area contributed by atoms with Crippen molar-refractivity contribution in [1.29, 1.82) is 0 Å². The minimum atomic E-state index is -0.505. The molecule has 11 heavy (non-hydrogen) atoms. The second-order valence-electron chi connectivity index (χ2n) is 3.92. The van der Waals surface area contributed by atoms with E-state index in [4.69, 9.17) is 0 Å². The Morgan fingerprint density at radius 2 is 2.00 bits per heavy atom. The smallest absolute Gasteiger partial charge is 0.0716 e. The molecule has 0 bridgehead atoms.